The first-order valence-corrected chi connectivity index (χ1v) is 10.9. The Bertz CT molecular complexity index is 1300. The van der Waals surface area contributed by atoms with E-state index in [4.69, 9.17) is 10.5 Å². The van der Waals surface area contributed by atoms with Crippen molar-refractivity contribution in [2.45, 2.75) is 25.7 Å². The van der Waals surface area contributed by atoms with Crippen molar-refractivity contribution in [3.8, 4) is 11.5 Å². The summed E-state index contributed by atoms with van der Waals surface area (Å²) in [5, 5.41) is 10.1. The van der Waals surface area contributed by atoms with Gasteiger partial charge in [-0.2, -0.15) is 4.90 Å². The molecular formula is C25H22N2O7. The van der Waals surface area contributed by atoms with E-state index in [0.717, 1.165) is 5.57 Å². The first-order chi connectivity index (χ1) is 16.1. The number of phenols is 1. The fraction of sp³-hybridized carbons (Fsp3) is 0.320. The lowest BCUT2D eigenvalue weighted by Gasteiger charge is -2.42. The zero-order valence-corrected chi connectivity index (χ0v) is 18.5. The van der Waals surface area contributed by atoms with Crippen LogP contribution in [0.15, 0.2) is 52.6 Å². The van der Waals surface area contributed by atoms with Crippen molar-refractivity contribution in [1.82, 2.24) is 4.90 Å². The summed E-state index contributed by atoms with van der Waals surface area (Å²) in [6.45, 7) is 1.57. The summed E-state index contributed by atoms with van der Waals surface area (Å²) in [6.07, 6.45) is 3.46. The molecule has 0 spiro atoms. The van der Waals surface area contributed by atoms with Crippen LogP contribution >= 0.6 is 0 Å². The van der Waals surface area contributed by atoms with Gasteiger partial charge < -0.3 is 15.6 Å². The standard InChI is InChI=1S/C25H22N2O7/c1-10-7-17(29)21-15(22(10)30)9-14-12(19(21)11-3-6-16(28)18(8-11)34-2)4-5-13-20(14)24(32)27(23(13)31)25(26)33/h3-4,6-8,13-14,19-20,28H,5,9H2,1-2H3,(H2,26,33)/t13-,14+,19-,20-/m0/s1. The van der Waals surface area contributed by atoms with E-state index in [0.29, 0.717) is 27.2 Å². The van der Waals surface area contributed by atoms with Gasteiger partial charge in [0.25, 0.3) is 0 Å². The number of likely N-dealkylation sites (tertiary alicyclic amines) is 1. The van der Waals surface area contributed by atoms with Gasteiger partial charge >= 0.3 is 6.03 Å². The normalized spacial score (nSPS) is 28.2. The summed E-state index contributed by atoms with van der Waals surface area (Å²) in [4.78, 5) is 64.5. The Kier molecular flexibility index (Phi) is 4.82. The van der Waals surface area contributed by atoms with Gasteiger partial charge in [0.2, 0.25) is 11.8 Å². The predicted octanol–water partition coefficient (Wildman–Crippen LogP) is 1.91. The van der Waals surface area contributed by atoms with Crippen LogP contribution in [0.4, 0.5) is 4.79 Å². The van der Waals surface area contributed by atoms with Crippen LogP contribution < -0.4 is 10.5 Å². The molecule has 5 rings (SSSR count). The molecule has 0 saturated carbocycles. The molecule has 174 valence electrons. The number of allylic oxidation sites excluding steroid dienone is 6. The Morgan fingerprint density at radius 1 is 1.15 bits per heavy atom. The predicted molar refractivity (Wildman–Crippen MR) is 117 cm³/mol. The Hall–Kier alpha value is -4.01. The Morgan fingerprint density at radius 3 is 2.56 bits per heavy atom. The molecule has 1 fully saturated rings. The van der Waals surface area contributed by atoms with Crippen LogP contribution in [0, 0.1) is 17.8 Å². The minimum absolute atomic E-state index is 0.0824. The van der Waals surface area contributed by atoms with Gasteiger partial charge in [0, 0.05) is 22.6 Å². The summed E-state index contributed by atoms with van der Waals surface area (Å²) in [6, 6.07) is 3.56. The van der Waals surface area contributed by atoms with E-state index in [9.17, 15) is 29.1 Å². The van der Waals surface area contributed by atoms with E-state index in [1.165, 1.54) is 19.3 Å². The van der Waals surface area contributed by atoms with Gasteiger partial charge in [-0.3, -0.25) is 19.2 Å². The molecule has 9 nitrogen and oxygen atoms in total. The minimum Gasteiger partial charge on any atom is -0.504 e. The number of methoxy groups -OCH3 is 1. The lowest BCUT2D eigenvalue weighted by atomic mass is 9.59. The van der Waals surface area contributed by atoms with Gasteiger partial charge in [0.1, 0.15) is 0 Å². The monoisotopic (exact) mass is 462 g/mol. The molecule has 4 atom stereocenters. The number of carbonyl (C=O) groups is 5. The van der Waals surface area contributed by atoms with Gasteiger partial charge in [-0.15, -0.1) is 0 Å². The molecule has 1 saturated heterocycles. The minimum atomic E-state index is -1.12. The number of rotatable bonds is 2. The lowest BCUT2D eigenvalue weighted by Crippen LogP contribution is -2.42. The van der Waals surface area contributed by atoms with Crippen LogP contribution in [0.2, 0.25) is 0 Å². The highest BCUT2D eigenvalue weighted by Crippen LogP contribution is 2.55. The number of hydrogen-bond acceptors (Lipinski definition) is 7. The zero-order chi connectivity index (χ0) is 24.5. The number of nitrogens with zero attached hydrogens (tertiary/aromatic N) is 1. The number of imide groups is 3. The third-order valence-electron chi connectivity index (χ3n) is 7.32. The molecule has 1 aromatic carbocycles. The van der Waals surface area contributed by atoms with Gasteiger partial charge in [0.05, 0.1) is 18.9 Å². The van der Waals surface area contributed by atoms with Crippen molar-refractivity contribution < 1.29 is 33.8 Å². The van der Waals surface area contributed by atoms with Gasteiger partial charge in [-0.25, -0.2) is 4.79 Å². The van der Waals surface area contributed by atoms with Crippen LogP contribution in [0.3, 0.4) is 0 Å². The maximum atomic E-state index is 13.2. The van der Waals surface area contributed by atoms with E-state index in [2.05, 4.69) is 0 Å². The zero-order valence-electron chi connectivity index (χ0n) is 18.5. The molecule has 0 bridgehead atoms. The summed E-state index contributed by atoms with van der Waals surface area (Å²) >= 11 is 0. The molecule has 1 heterocycles. The van der Waals surface area contributed by atoms with E-state index < -0.39 is 41.5 Å². The van der Waals surface area contributed by atoms with E-state index in [-0.39, 0.29) is 35.9 Å². The van der Waals surface area contributed by atoms with Crippen molar-refractivity contribution in [1.29, 1.82) is 0 Å². The molecule has 3 N–H and O–H groups in total. The highest BCUT2D eigenvalue weighted by molar-refractivity contribution is 6.24. The molecule has 0 aromatic heterocycles. The largest absolute Gasteiger partial charge is 0.504 e. The number of phenolic OH excluding ortho intramolecular Hbond substituents is 1. The maximum Gasteiger partial charge on any atom is 0.328 e. The molecule has 4 aliphatic rings. The van der Waals surface area contributed by atoms with Crippen LogP contribution in [0.5, 0.6) is 11.5 Å². The van der Waals surface area contributed by atoms with Crippen molar-refractivity contribution in [2.75, 3.05) is 7.11 Å². The summed E-state index contributed by atoms with van der Waals surface area (Å²) in [5.74, 6) is -4.62. The Balaban J connectivity index is 1.70. The first kappa shape index (κ1) is 21.8. The van der Waals surface area contributed by atoms with Crippen LogP contribution in [0.1, 0.15) is 31.2 Å². The molecule has 3 aliphatic carbocycles. The van der Waals surface area contributed by atoms with Gasteiger partial charge in [0.15, 0.2) is 23.1 Å². The molecule has 0 unspecified atom stereocenters. The summed E-state index contributed by atoms with van der Waals surface area (Å²) in [7, 11) is 1.40. The van der Waals surface area contributed by atoms with Gasteiger partial charge in [-0.05, 0) is 49.5 Å². The number of ether oxygens (including phenoxy) is 1. The second-order valence-electron chi connectivity index (χ2n) is 9.01. The van der Waals surface area contributed by atoms with Crippen molar-refractivity contribution in [3.63, 3.8) is 0 Å². The number of benzene rings is 1. The lowest BCUT2D eigenvalue weighted by molar-refractivity contribution is -0.136. The molecule has 1 aromatic rings. The number of primary amides is 1. The Morgan fingerprint density at radius 2 is 1.88 bits per heavy atom. The smallest absolute Gasteiger partial charge is 0.328 e. The number of amides is 4. The number of Topliss-reactive ketones (excluding diaryl/α,β-unsaturated/α-hetero) is 1. The van der Waals surface area contributed by atoms with Crippen LogP contribution in [-0.4, -0.2) is 46.5 Å². The topological polar surface area (TPSA) is 144 Å². The molecular weight excluding hydrogens is 440 g/mol. The highest BCUT2D eigenvalue weighted by atomic mass is 16.5. The fourth-order valence-corrected chi connectivity index (χ4v) is 5.85. The second-order valence-corrected chi connectivity index (χ2v) is 9.01. The van der Waals surface area contributed by atoms with E-state index in [1.54, 1.807) is 19.1 Å². The number of urea groups is 1. The summed E-state index contributed by atoms with van der Waals surface area (Å²) in [5.41, 5.74) is 7.58. The second kappa shape index (κ2) is 7.51. The molecule has 4 amide bonds. The highest BCUT2D eigenvalue weighted by Gasteiger charge is 2.57. The van der Waals surface area contributed by atoms with Gasteiger partial charge in [-0.1, -0.05) is 17.7 Å². The maximum absolute atomic E-state index is 13.2. The number of ketones is 2. The fourth-order valence-electron chi connectivity index (χ4n) is 5.85. The number of hydrogen-bond donors (Lipinski definition) is 2. The van der Waals surface area contributed by atoms with Crippen LogP contribution in [0.25, 0.3) is 0 Å². The average molecular weight is 462 g/mol. The number of nitrogens with two attached hydrogens (primary N) is 1. The first-order valence-electron chi connectivity index (χ1n) is 10.9. The van der Waals surface area contributed by atoms with Crippen molar-refractivity contribution >= 4 is 29.4 Å². The molecule has 9 heteroatoms. The molecule has 0 radical (unpaired) electrons. The van der Waals surface area contributed by atoms with E-state index in [1.807, 2.05) is 6.08 Å². The third-order valence-corrected chi connectivity index (χ3v) is 7.32. The number of carbonyl (C=O) groups excluding carboxylic acids is 5. The number of aromatic hydroxyl groups is 1. The Labute approximate surface area is 194 Å². The molecule has 1 aliphatic heterocycles. The molecule has 34 heavy (non-hydrogen) atoms. The van der Waals surface area contributed by atoms with Crippen LogP contribution in [-0.2, 0) is 19.2 Å². The quantitative estimate of drug-likeness (QED) is 0.388. The number of fused-ring (bicyclic) bond motifs is 3. The SMILES string of the molecule is COc1cc([C@H]2C3=CC[C@@H]4C(=O)N(C(N)=O)C(=O)[C@@H]4[C@@H]3CC3=C2C(=O)C=C(C)C3=O)ccc1O. The van der Waals surface area contributed by atoms with Crippen molar-refractivity contribution in [2.24, 2.45) is 23.5 Å². The van der Waals surface area contributed by atoms with E-state index >= 15 is 0 Å². The van der Waals surface area contributed by atoms with Crippen molar-refractivity contribution in [3.05, 3.63) is 58.2 Å². The average Bonchev–Trinajstić information content (AvgIpc) is 3.06. The third kappa shape index (κ3) is 2.89. The summed E-state index contributed by atoms with van der Waals surface area (Å²) < 4.78 is 5.25.